The van der Waals surface area contributed by atoms with Gasteiger partial charge in [0.15, 0.2) is 0 Å². The number of aromatic nitrogens is 3. The lowest BCUT2D eigenvalue weighted by Crippen LogP contribution is -2.30. The maximum atomic E-state index is 5.94. The Bertz CT molecular complexity index is 812. The van der Waals surface area contributed by atoms with Crippen molar-refractivity contribution >= 4 is 0 Å². The highest BCUT2D eigenvalue weighted by Gasteiger charge is 2.23. The monoisotopic (exact) mass is 338 g/mol. The van der Waals surface area contributed by atoms with Crippen LogP contribution in [-0.2, 0) is 19.6 Å². The van der Waals surface area contributed by atoms with Gasteiger partial charge in [-0.05, 0) is 37.3 Å². The molecule has 4 rings (SSSR count). The minimum Gasteiger partial charge on any atom is -0.492 e. The fourth-order valence-corrected chi connectivity index (χ4v) is 3.28. The van der Waals surface area contributed by atoms with Crippen molar-refractivity contribution in [3.8, 4) is 5.75 Å². The fourth-order valence-electron chi connectivity index (χ4n) is 3.28. The summed E-state index contributed by atoms with van der Waals surface area (Å²) in [4.78, 5) is 6.50. The van der Waals surface area contributed by atoms with Gasteiger partial charge < -0.3 is 9.15 Å². The SMILES string of the molecule is Cc1ccc(CN2Cc3ccnn3CC(COc3cccnc3)C2)o1. The van der Waals surface area contributed by atoms with Crippen molar-refractivity contribution < 1.29 is 9.15 Å². The number of fused-ring (bicyclic) bond motifs is 1. The van der Waals surface area contributed by atoms with E-state index in [-0.39, 0.29) is 0 Å². The third kappa shape index (κ3) is 3.91. The number of hydrogen-bond donors (Lipinski definition) is 0. The summed E-state index contributed by atoms with van der Waals surface area (Å²) < 4.78 is 13.8. The van der Waals surface area contributed by atoms with Crippen LogP contribution in [0.15, 0.2) is 53.3 Å². The van der Waals surface area contributed by atoms with E-state index < -0.39 is 0 Å². The Hall–Kier alpha value is -2.60. The number of ether oxygens (including phenoxy) is 1. The van der Waals surface area contributed by atoms with Crippen LogP contribution in [0.3, 0.4) is 0 Å². The predicted octanol–water partition coefficient (Wildman–Crippen LogP) is 2.89. The minimum absolute atomic E-state index is 0.345. The molecule has 0 spiro atoms. The normalized spacial score (nSPS) is 17.9. The third-order valence-corrected chi connectivity index (χ3v) is 4.43. The van der Waals surface area contributed by atoms with E-state index in [9.17, 15) is 0 Å². The van der Waals surface area contributed by atoms with E-state index in [1.54, 1.807) is 12.4 Å². The first-order valence-corrected chi connectivity index (χ1v) is 8.57. The van der Waals surface area contributed by atoms with E-state index in [0.29, 0.717) is 12.5 Å². The van der Waals surface area contributed by atoms with Crippen LogP contribution in [0.5, 0.6) is 5.75 Å². The van der Waals surface area contributed by atoms with E-state index in [0.717, 1.165) is 43.4 Å². The van der Waals surface area contributed by atoms with Crippen molar-refractivity contribution in [1.82, 2.24) is 19.7 Å². The van der Waals surface area contributed by atoms with E-state index in [1.807, 2.05) is 31.3 Å². The van der Waals surface area contributed by atoms with Gasteiger partial charge in [0.1, 0.15) is 17.3 Å². The second-order valence-corrected chi connectivity index (χ2v) is 6.55. The Morgan fingerprint density at radius 2 is 2.16 bits per heavy atom. The highest BCUT2D eigenvalue weighted by molar-refractivity contribution is 5.15. The summed E-state index contributed by atoms with van der Waals surface area (Å²) in [7, 11) is 0. The Morgan fingerprint density at radius 3 is 2.96 bits per heavy atom. The summed E-state index contributed by atoms with van der Waals surface area (Å²) >= 11 is 0. The molecule has 0 aromatic carbocycles. The van der Waals surface area contributed by atoms with Crippen LogP contribution in [-0.4, -0.2) is 32.8 Å². The molecule has 3 aromatic heterocycles. The Kier molecular flexibility index (Phi) is 4.52. The lowest BCUT2D eigenvalue weighted by atomic mass is 10.1. The molecule has 1 aliphatic rings. The van der Waals surface area contributed by atoms with Gasteiger partial charge in [-0.2, -0.15) is 5.10 Å². The van der Waals surface area contributed by atoms with Gasteiger partial charge in [-0.1, -0.05) is 0 Å². The maximum absolute atomic E-state index is 5.94. The molecule has 0 aliphatic carbocycles. The van der Waals surface area contributed by atoms with Gasteiger partial charge in [-0.3, -0.25) is 14.6 Å². The van der Waals surface area contributed by atoms with Crippen molar-refractivity contribution in [3.05, 3.63) is 66.1 Å². The van der Waals surface area contributed by atoms with E-state index in [4.69, 9.17) is 9.15 Å². The van der Waals surface area contributed by atoms with Gasteiger partial charge in [0.05, 0.1) is 25.0 Å². The average molecular weight is 338 g/mol. The molecule has 1 atom stereocenters. The summed E-state index contributed by atoms with van der Waals surface area (Å²) in [6.45, 7) is 6.06. The molecule has 1 aliphatic heterocycles. The van der Waals surface area contributed by atoms with Gasteiger partial charge >= 0.3 is 0 Å². The topological polar surface area (TPSA) is 56.3 Å². The van der Waals surface area contributed by atoms with Gasteiger partial charge in [-0.15, -0.1) is 0 Å². The molecule has 6 heteroatoms. The molecule has 0 radical (unpaired) electrons. The highest BCUT2D eigenvalue weighted by atomic mass is 16.5. The zero-order valence-electron chi connectivity index (χ0n) is 14.3. The fraction of sp³-hybridized carbons (Fsp3) is 0.368. The molecule has 0 N–H and O–H groups in total. The second-order valence-electron chi connectivity index (χ2n) is 6.55. The molecule has 0 saturated carbocycles. The molecule has 130 valence electrons. The summed E-state index contributed by atoms with van der Waals surface area (Å²) in [5.74, 6) is 3.10. The van der Waals surface area contributed by atoms with Crippen molar-refractivity contribution in [1.29, 1.82) is 0 Å². The Labute approximate surface area is 147 Å². The summed E-state index contributed by atoms with van der Waals surface area (Å²) in [6.07, 6.45) is 5.37. The van der Waals surface area contributed by atoms with Crippen molar-refractivity contribution in [2.45, 2.75) is 26.6 Å². The molecular weight excluding hydrogens is 316 g/mol. The smallest absolute Gasteiger partial charge is 0.137 e. The Morgan fingerprint density at radius 1 is 1.20 bits per heavy atom. The van der Waals surface area contributed by atoms with Crippen LogP contribution in [0, 0.1) is 12.8 Å². The van der Waals surface area contributed by atoms with Crippen molar-refractivity contribution in [3.63, 3.8) is 0 Å². The zero-order chi connectivity index (χ0) is 17.1. The second kappa shape index (κ2) is 7.11. The molecule has 0 saturated heterocycles. The predicted molar refractivity (Wildman–Crippen MR) is 93.0 cm³/mol. The summed E-state index contributed by atoms with van der Waals surface area (Å²) in [5.41, 5.74) is 1.23. The molecule has 4 heterocycles. The first-order chi connectivity index (χ1) is 12.3. The van der Waals surface area contributed by atoms with Crippen molar-refractivity contribution in [2.75, 3.05) is 13.2 Å². The lowest BCUT2D eigenvalue weighted by Gasteiger charge is -2.23. The largest absolute Gasteiger partial charge is 0.492 e. The van der Waals surface area contributed by atoms with Crippen LogP contribution in [0.2, 0.25) is 0 Å². The third-order valence-electron chi connectivity index (χ3n) is 4.43. The number of pyridine rings is 1. The average Bonchev–Trinajstić information content (AvgIpc) is 3.19. The van der Waals surface area contributed by atoms with Crippen LogP contribution < -0.4 is 4.74 Å². The molecule has 0 bridgehead atoms. The number of hydrogen-bond acceptors (Lipinski definition) is 5. The molecule has 6 nitrogen and oxygen atoms in total. The lowest BCUT2D eigenvalue weighted by molar-refractivity contribution is 0.159. The van der Waals surface area contributed by atoms with Gasteiger partial charge in [-0.25, -0.2) is 0 Å². The standard InChI is InChI=1S/C19H22N4O2/c1-15-4-5-19(25-15)13-22-10-16(11-23-17(12-22)6-8-21-23)14-24-18-3-2-7-20-9-18/h2-9,16H,10-14H2,1H3. The number of furan rings is 1. The highest BCUT2D eigenvalue weighted by Crippen LogP contribution is 2.20. The Balaban J connectivity index is 1.47. The molecule has 3 aromatic rings. The van der Waals surface area contributed by atoms with E-state index in [1.165, 1.54) is 5.69 Å². The van der Waals surface area contributed by atoms with E-state index in [2.05, 4.69) is 31.8 Å². The zero-order valence-corrected chi connectivity index (χ0v) is 14.3. The molecular formula is C19H22N4O2. The minimum atomic E-state index is 0.345. The van der Waals surface area contributed by atoms with Crippen molar-refractivity contribution in [2.24, 2.45) is 5.92 Å². The van der Waals surface area contributed by atoms with Gasteiger partial charge in [0.25, 0.3) is 0 Å². The molecule has 0 amide bonds. The van der Waals surface area contributed by atoms with Gasteiger partial charge in [0.2, 0.25) is 0 Å². The van der Waals surface area contributed by atoms with E-state index >= 15 is 0 Å². The van der Waals surface area contributed by atoms with Crippen LogP contribution >= 0.6 is 0 Å². The molecule has 25 heavy (non-hydrogen) atoms. The first-order valence-electron chi connectivity index (χ1n) is 8.57. The van der Waals surface area contributed by atoms with Crippen LogP contribution in [0.25, 0.3) is 0 Å². The molecule has 0 fully saturated rings. The van der Waals surface area contributed by atoms with Gasteiger partial charge in [0, 0.05) is 37.9 Å². The van der Waals surface area contributed by atoms with Crippen LogP contribution in [0.1, 0.15) is 17.2 Å². The summed E-state index contributed by atoms with van der Waals surface area (Å²) in [5, 5.41) is 4.47. The van der Waals surface area contributed by atoms with Crippen LogP contribution in [0.4, 0.5) is 0 Å². The first kappa shape index (κ1) is 15.9. The number of nitrogens with zero attached hydrogens (tertiary/aromatic N) is 4. The maximum Gasteiger partial charge on any atom is 0.137 e. The quantitative estimate of drug-likeness (QED) is 0.716. The number of aryl methyl sites for hydroxylation is 1. The molecule has 1 unspecified atom stereocenters. The summed E-state index contributed by atoms with van der Waals surface area (Å²) in [6, 6.07) is 9.98. The number of rotatable bonds is 5.